The van der Waals surface area contributed by atoms with E-state index in [1.165, 1.54) is 38.8 Å². The molecule has 6 heteroatoms. The lowest BCUT2D eigenvalue weighted by Crippen LogP contribution is -2.57. The highest BCUT2D eigenvalue weighted by Crippen LogP contribution is 2.34. The summed E-state index contributed by atoms with van der Waals surface area (Å²) in [5.41, 5.74) is 1.69. The molecule has 6 rings (SSSR count). The first-order valence-corrected chi connectivity index (χ1v) is 9.81. The van der Waals surface area contributed by atoms with Gasteiger partial charge in [-0.1, -0.05) is 0 Å². The van der Waals surface area contributed by atoms with Crippen LogP contribution in [0.2, 0.25) is 0 Å². The molecule has 2 N–H and O–H groups in total. The van der Waals surface area contributed by atoms with Crippen molar-refractivity contribution in [3.05, 3.63) is 23.3 Å². The lowest BCUT2D eigenvalue weighted by Gasteiger charge is -2.44. The van der Waals surface area contributed by atoms with Crippen LogP contribution < -0.4 is 10.6 Å². The Labute approximate surface area is 145 Å². The summed E-state index contributed by atoms with van der Waals surface area (Å²) in [7, 11) is 0. The van der Waals surface area contributed by atoms with Crippen LogP contribution in [0.1, 0.15) is 36.2 Å². The molecule has 1 amide bonds. The number of carbonyl (C=O) groups is 1. The lowest BCUT2D eigenvalue weighted by atomic mass is 9.84. The van der Waals surface area contributed by atoms with Crippen LogP contribution in [0, 0.1) is 5.92 Å². The molecule has 4 fully saturated rings. The number of rotatable bonds is 4. The molecule has 5 nitrogen and oxygen atoms in total. The Hall–Kier alpha value is -1.66. The van der Waals surface area contributed by atoms with Gasteiger partial charge >= 0.3 is 0 Å². The third-order valence-electron chi connectivity index (χ3n) is 5.60. The van der Waals surface area contributed by atoms with Crippen LogP contribution >= 0.6 is 11.3 Å². The molecule has 5 heterocycles. The van der Waals surface area contributed by atoms with Crippen LogP contribution in [-0.4, -0.2) is 47.5 Å². The van der Waals surface area contributed by atoms with Gasteiger partial charge in [-0.3, -0.25) is 4.79 Å². The fourth-order valence-electron chi connectivity index (χ4n) is 3.99. The molecule has 0 radical (unpaired) electrons. The molecule has 2 aromatic rings. The second-order valence-corrected chi connectivity index (χ2v) is 8.26. The van der Waals surface area contributed by atoms with E-state index >= 15 is 0 Å². The van der Waals surface area contributed by atoms with E-state index in [9.17, 15) is 4.79 Å². The molecular weight excluding hydrogens is 320 g/mol. The minimum Gasteiger partial charge on any atom is -0.381 e. The van der Waals surface area contributed by atoms with E-state index < -0.39 is 0 Å². The summed E-state index contributed by atoms with van der Waals surface area (Å²) in [5.74, 6) is 0.607. The van der Waals surface area contributed by atoms with Crippen LogP contribution in [0.25, 0.3) is 10.1 Å². The number of hydrogen-bond acceptors (Lipinski definition) is 5. The molecule has 2 aromatic heterocycles. The van der Waals surface area contributed by atoms with Crippen LogP contribution in [0.15, 0.2) is 17.6 Å². The van der Waals surface area contributed by atoms with E-state index in [4.69, 9.17) is 0 Å². The number of aromatic nitrogens is 1. The summed E-state index contributed by atoms with van der Waals surface area (Å²) < 4.78 is 1.14. The lowest BCUT2D eigenvalue weighted by molar-refractivity contribution is 0.0618. The average Bonchev–Trinajstić information content (AvgIpc) is 3.35. The smallest absolute Gasteiger partial charge is 0.270 e. The first-order chi connectivity index (χ1) is 11.8. The van der Waals surface area contributed by atoms with Gasteiger partial charge in [0.05, 0.1) is 10.4 Å². The topological polar surface area (TPSA) is 57.3 Å². The van der Waals surface area contributed by atoms with Crippen molar-refractivity contribution in [1.82, 2.24) is 15.2 Å². The maximum absolute atomic E-state index is 12.7. The van der Waals surface area contributed by atoms with Gasteiger partial charge in [0.2, 0.25) is 0 Å². The van der Waals surface area contributed by atoms with E-state index in [-0.39, 0.29) is 11.9 Å². The summed E-state index contributed by atoms with van der Waals surface area (Å²) >= 11 is 1.69. The number of thiophene rings is 1. The highest BCUT2D eigenvalue weighted by atomic mass is 32.1. The number of anilines is 1. The fourth-order valence-corrected chi connectivity index (χ4v) is 4.84. The largest absolute Gasteiger partial charge is 0.381 e. The number of fused-ring (bicyclic) bond motifs is 4. The summed E-state index contributed by atoms with van der Waals surface area (Å²) in [6.45, 7) is 3.37. The summed E-state index contributed by atoms with van der Waals surface area (Å²) in [4.78, 5) is 19.5. The highest BCUT2D eigenvalue weighted by Gasteiger charge is 2.35. The van der Waals surface area contributed by atoms with Gasteiger partial charge in [-0.2, -0.15) is 0 Å². The highest BCUT2D eigenvalue weighted by molar-refractivity contribution is 7.17. The number of carbonyl (C=O) groups excluding carboxylic acids is 1. The van der Waals surface area contributed by atoms with Crippen LogP contribution in [-0.2, 0) is 0 Å². The Bertz CT molecular complexity index is 776. The number of amides is 1. The van der Waals surface area contributed by atoms with Gasteiger partial charge < -0.3 is 15.5 Å². The molecule has 1 saturated carbocycles. The van der Waals surface area contributed by atoms with Gasteiger partial charge in [-0.25, -0.2) is 4.98 Å². The zero-order valence-corrected chi connectivity index (χ0v) is 14.4. The van der Waals surface area contributed by atoms with Gasteiger partial charge in [0.15, 0.2) is 0 Å². The molecule has 126 valence electrons. The number of piperidine rings is 3. The third-order valence-corrected chi connectivity index (χ3v) is 6.54. The van der Waals surface area contributed by atoms with Crippen molar-refractivity contribution in [2.24, 2.45) is 5.92 Å². The zero-order chi connectivity index (χ0) is 16.1. The molecule has 1 aliphatic carbocycles. The minimum absolute atomic E-state index is 0.0285. The predicted molar refractivity (Wildman–Crippen MR) is 96.7 cm³/mol. The van der Waals surface area contributed by atoms with E-state index in [0.29, 0.717) is 17.7 Å². The normalized spacial score (nSPS) is 28.9. The molecule has 4 aliphatic rings. The van der Waals surface area contributed by atoms with Crippen molar-refractivity contribution in [3.63, 3.8) is 0 Å². The SMILES string of the molecule is O=C(NC1CN2CCC1CC2)c1cc2c(NC3CC3)csc2cn1. The number of nitrogens with one attached hydrogen (secondary N) is 2. The second-order valence-electron chi connectivity index (χ2n) is 7.35. The Balaban J connectivity index is 1.36. The summed E-state index contributed by atoms with van der Waals surface area (Å²) in [6.07, 6.45) is 6.74. The number of pyridine rings is 1. The first kappa shape index (κ1) is 14.7. The first-order valence-electron chi connectivity index (χ1n) is 8.93. The van der Waals surface area contributed by atoms with Crippen molar-refractivity contribution >= 4 is 33.0 Å². The summed E-state index contributed by atoms with van der Waals surface area (Å²) in [5, 5.41) is 10.1. The van der Waals surface area contributed by atoms with Gasteiger partial charge in [0.1, 0.15) is 5.69 Å². The van der Waals surface area contributed by atoms with Crippen molar-refractivity contribution in [3.8, 4) is 0 Å². The molecule has 3 aliphatic heterocycles. The zero-order valence-electron chi connectivity index (χ0n) is 13.6. The van der Waals surface area contributed by atoms with E-state index in [1.54, 1.807) is 11.3 Å². The number of hydrogen-bond donors (Lipinski definition) is 2. The van der Waals surface area contributed by atoms with Gasteiger partial charge in [-0.15, -0.1) is 11.3 Å². The van der Waals surface area contributed by atoms with E-state index in [1.807, 2.05) is 12.3 Å². The van der Waals surface area contributed by atoms with E-state index in [2.05, 4.69) is 25.9 Å². The van der Waals surface area contributed by atoms with Crippen molar-refractivity contribution in [1.29, 1.82) is 0 Å². The minimum atomic E-state index is -0.0285. The Morgan fingerprint density at radius 2 is 2.08 bits per heavy atom. The van der Waals surface area contributed by atoms with Gasteiger partial charge in [0, 0.05) is 35.6 Å². The molecule has 2 bridgehead atoms. The summed E-state index contributed by atoms with van der Waals surface area (Å²) in [6, 6.07) is 2.84. The van der Waals surface area contributed by atoms with Crippen LogP contribution in [0.4, 0.5) is 5.69 Å². The molecule has 1 atom stereocenters. The standard InChI is InChI=1S/C18H22N4OS/c23-18(21-15-9-22-5-3-11(15)4-6-22)14-7-13-16(20-12-1-2-12)10-24-17(13)8-19-14/h7-8,10-12,15,20H,1-6,9H2,(H,21,23). The van der Waals surface area contributed by atoms with Crippen LogP contribution in [0.5, 0.6) is 0 Å². The molecule has 24 heavy (non-hydrogen) atoms. The fraction of sp³-hybridized carbons (Fsp3) is 0.556. The predicted octanol–water partition coefficient (Wildman–Crippen LogP) is 2.69. The average molecular weight is 342 g/mol. The van der Waals surface area contributed by atoms with E-state index in [0.717, 1.165) is 22.3 Å². The Morgan fingerprint density at radius 1 is 1.25 bits per heavy atom. The quantitative estimate of drug-likeness (QED) is 0.897. The van der Waals surface area contributed by atoms with Crippen molar-refractivity contribution in [2.75, 3.05) is 25.0 Å². The monoisotopic (exact) mass is 342 g/mol. The number of nitrogens with zero attached hydrogens (tertiary/aromatic N) is 2. The molecular formula is C18H22N4OS. The molecule has 3 saturated heterocycles. The molecule has 1 unspecified atom stereocenters. The second kappa shape index (κ2) is 5.70. The maximum atomic E-state index is 12.7. The Morgan fingerprint density at radius 3 is 2.79 bits per heavy atom. The third kappa shape index (κ3) is 2.67. The Kier molecular flexibility index (Phi) is 3.49. The van der Waals surface area contributed by atoms with Crippen molar-refractivity contribution < 1.29 is 4.79 Å². The van der Waals surface area contributed by atoms with Gasteiger partial charge in [-0.05, 0) is 50.8 Å². The maximum Gasteiger partial charge on any atom is 0.270 e. The molecule has 0 aromatic carbocycles. The molecule has 0 spiro atoms. The van der Waals surface area contributed by atoms with Crippen molar-refractivity contribution in [2.45, 2.75) is 37.8 Å². The van der Waals surface area contributed by atoms with Crippen LogP contribution in [0.3, 0.4) is 0 Å². The van der Waals surface area contributed by atoms with Gasteiger partial charge in [0.25, 0.3) is 5.91 Å².